The molecule has 5 nitrogen and oxygen atoms in total. The molecule has 254 valence electrons. The van der Waals surface area contributed by atoms with Crippen LogP contribution >= 0.6 is 0 Å². The summed E-state index contributed by atoms with van der Waals surface area (Å²) in [5, 5.41) is 27.4. The molecule has 0 amide bonds. The summed E-state index contributed by atoms with van der Waals surface area (Å²) >= 11 is 0. The number of nitriles is 2. The van der Waals surface area contributed by atoms with Crippen molar-refractivity contribution in [2.75, 3.05) is 0 Å². The van der Waals surface area contributed by atoms with Gasteiger partial charge in [-0.2, -0.15) is 10.5 Å². The van der Waals surface area contributed by atoms with E-state index in [-0.39, 0.29) is 0 Å². The molecule has 11 rings (SSSR count). The van der Waals surface area contributed by atoms with E-state index in [1.54, 1.807) is 0 Å². The molecule has 0 atom stereocenters. The van der Waals surface area contributed by atoms with E-state index in [1.165, 1.54) is 32.6 Å². The van der Waals surface area contributed by atoms with Crippen molar-refractivity contribution in [2.45, 2.75) is 0 Å². The third-order valence-electron chi connectivity index (χ3n) is 11.1. The van der Waals surface area contributed by atoms with Crippen molar-refractivity contribution in [3.63, 3.8) is 0 Å². The quantitative estimate of drug-likeness (QED) is 0.184. The van der Waals surface area contributed by atoms with E-state index < -0.39 is 0 Å². The standard InChI is InChI=1S/C50H29N5/c51-30-33-22-25-36(55-48-19-8-4-14-41(48)43-15-9-10-34(31-52)50(43)55)28-44(33)32-20-23-35(24-21-32)53-45-16-5-3-13-40(45)42-27-26-37(29-49(42)53)54-46-17-6-1-11-38(46)39-12-2-7-18-47(39)54/h1-29H. The second-order valence-electron chi connectivity index (χ2n) is 14.0. The summed E-state index contributed by atoms with van der Waals surface area (Å²) < 4.78 is 6.85. The van der Waals surface area contributed by atoms with Crippen molar-refractivity contribution in [3.8, 4) is 40.3 Å². The predicted molar refractivity (Wildman–Crippen MR) is 224 cm³/mol. The molecule has 0 unspecified atom stereocenters. The number of fused-ring (bicyclic) bond motifs is 9. The SMILES string of the molecule is N#Cc1ccc(-n2c3ccccc3c3cccc(C#N)c32)cc1-c1ccc(-n2c3ccccc3c3ccc(-n4c5ccccc5c5ccccc54)cc32)cc1. The van der Waals surface area contributed by atoms with E-state index in [9.17, 15) is 10.5 Å². The van der Waals surface area contributed by atoms with Crippen molar-refractivity contribution in [3.05, 3.63) is 187 Å². The zero-order valence-electron chi connectivity index (χ0n) is 29.5. The Morgan fingerprint density at radius 2 is 0.782 bits per heavy atom. The van der Waals surface area contributed by atoms with Crippen molar-refractivity contribution in [1.29, 1.82) is 10.5 Å². The zero-order chi connectivity index (χ0) is 36.6. The van der Waals surface area contributed by atoms with Gasteiger partial charge in [-0.1, -0.05) is 103 Å². The van der Waals surface area contributed by atoms with Crippen LogP contribution in [0.5, 0.6) is 0 Å². The molecular weight excluding hydrogens is 671 g/mol. The summed E-state index contributed by atoms with van der Waals surface area (Å²) in [7, 11) is 0. The number of nitrogens with zero attached hydrogens (tertiary/aromatic N) is 5. The maximum atomic E-state index is 10.3. The monoisotopic (exact) mass is 699 g/mol. The molecule has 3 aromatic heterocycles. The van der Waals surface area contributed by atoms with Gasteiger partial charge in [0, 0.05) is 54.9 Å². The average Bonchev–Trinajstić information content (AvgIpc) is 3.89. The number of hydrogen-bond donors (Lipinski definition) is 0. The van der Waals surface area contributed by atoms with Crippen molar-refractivity contribution < 1.29 is 0 Å². The Balaban J connectivity index is 1.08. The van der Waals surface area contributed by atoms with Crippen LogP contribution in [0.4, 0.5) is 0 Å². The molecule has 0 N–H and O–H groups in total. The first-order valence-electron chi connectivity index (χ1n) is 18.3. The highest BCUT2D eigenvalue weighted by molar-refractivity contribution is 6.13. The van der Waals surface area contributed by atoms with E-state index in [2.05, 4.69) is 165 Å². The summed E-state index contributed by atoms with van der Waals surface area (Å²) in [6.45, 7) is 0. The van der Waals surface area contributed by atoms with Crippen molar-refractivity contribution in [1.82, 2.24) is 13.7 Å². The molecular formula is C50H29N5. The fourth-order valence-corrected chi connectivity index (χ4v) is 8.75. The normalized spacial score (nSPS) is 11.6. The number of aromatic nitrogens is 3. The minimum absolute atomic E-state index is 0.588. The van der Waals surface area contributed by atoms with Gasteiger partial charge in [-0.25, -0.2) is 0 Å². The number of hydrogen-bond acceptors (Lipinski definition) is 2. The Kier molecular flexibility index (Phi) is 6.61. The molecule has 55 heavy (non-hydrogen) atoms. The van der Waals surface area contributed by atoms with Crippen LogP contribution in [0.15, 0.2) is 176 Å². The first-order valence-corrected chi connectivity index (χ1v) is 18.3. The summed E-state index contributed by atoms with van der Waals surface area (Å²) in [5.41, 5.74) is 12.5. The molecule has 0 aliphatic carbocycles. The maximum Gasteiger partial charge on any atom is 0.101 e. The summed E-state index contributed by atoms with van der Waals surface area (Å²) in [6, 6.07) is 66.0. The lowest BCUT2D eigenvalue weighted by molar-refractivity contribution is 1.15. The lowest BCUT2D eigenvalue weighted by atomic mass is 9.99. The van der Waals surface area contributed by atoms with Crippen LogP contribution in [0.2, 0.25) is 0 Å². The number of rotatable bonds is 4. The highest BCUT2D eigenvalue weighted by Gasteiger charge is 2.19. The highest BCUT2D eigenvalue weighted by Crippen LogP contribution is 2.39. The molecule has 0 spiro atoms. The summed E-state index contributed by atoms with van der Waals surface area (Å²) in [5.74, 6) is 0. The van der Waals surface area contributed by atoms with Crippen molar-refractivity contribution >= 4 is 65.4 Å². The van der Waals surface area contributed by atoms with E-state index in [0.29, 0.717) is 11.1 Å². The second kappa shape index (κ2) is 11.8. The van der Waals surface area contributed by atoms with Gasteiger partial charge < -0.3 is 13.7 Å². The zero-order valence-corrected chi connectivity index (χ0v) is 29.5. The van der Waals surface area contributed by atoms with Crippen LogP contribution in [0.3, 0.4) is 0 Å². The van der Waals surface area contributed by atoms with Crippen LogP contribution in [0, 0.1) is 22.7 Å². The first kappa shape index (κ1) is 30.7. The lowest BCUT2D eigenvalue weighted by Gasteiger charge is -2.14. The van der Waals surface area contributed by atoms with Gasteiger partial charge in [-0.3, -0.25) is 0 Å². The topological polar surface area (TPSA) is 62.4 Å². The molecule has 5 heteroatoms. The number of para-hydroxylation sites is 5. The Morgan fingerprint density at radius 1 is 0.327 bits per heavy atom. The van der Waals surface area contributed by atoms with Crippen LogP contribution in [-0.2, 0) is 0 Å². The Bertz CT molecular complexity index is 3400. The number of benzene rings is 8. The van der Waals surface area contributed by atoms with Gasteiger partial charge >= 0.3 is 0 Å². The Morgan fingerprint density at radius 3 is 1.38 bits per heavy atom. The molecule has 0 bridgehead atoms. The summed E-state index contributed by atoms with van der Waals surface area (Å²) in [6.07, 6.45) is 0. The van der Waals surface area contributed by atoms with Crippen LogP contribution in [-0.4, -0.2) is 13.7 Å². The van der Waals surface area contributed by atoms with E-state index in [1.807, 2.05) is 36.4 Å². The van der Waals surface area contributed by atoms with Gasteiger partial charge in [0.1, 0.15) is 6.07 Å². The minimum atomic E-state index is 0.588. The average molecular weight is 700 g/mol. The van der Waals surface area contributed by atoms with E-state index in [0.717, 1.165) is 61.0 Å². The van der Waals surface area contributed by atoms with Crippen LogP contribution in [0.25, 0.3) is 93.6 Å². The Hall–Kier alpha value is -7.86. The third-order valence-corrected chi connectivity index (χ3v) is 11.1. The Labute approximate surface area is 316 Å². The van der Waals surface area contributed by atoms with Crippen molar-refractivity contribution in [2.24, 2.45) is 0 Å². The fourth-order valence-electron chi connectivity index (χ4n) is 8.75. The van der Waals surface area contributed by atoms with Gasteiger partial charge in [-0.05, 0) is 78.4 Å². The van der Waals surface area contributed by atoms with Gasteiger partial charge in [-0.15, -0.1) is 0 Å². The molecule has 0 saturated heterocycles. The molecule has 11 aromatic rings. The van der Waals surface area contributed by atoms with Gasteiger partial charge in [0.25, 0.3) is 0 Å². The fraction of sp³-hybridized carbons (Fsp3) is 0. The van der Waals surface area contributed by atoms with Gasteiger partial charge in [0.05, 0.1) is 50.3 Å². The van der Waals surface area contributed by atoms with Crippen LogP contribution < -0.4 is 0 Å². The second-order valence-corrected chi connectivity index (χ2v) is 14.0. The molecule has 8 aromatic carbocycles. The largest absolute Gasteiger partial charge is 0.309 e. The first-order chi connectivity index (χ1) is 27.2. The molecule has 0 saturated carbocycles. The molecule has 0 radical (unpaired) electrons. The van der Waals surface area contributed by atoms with E-state index in [4.69, 9.17) is 0 Å². The van der Waals surface area contributed by atoms with Gasteiger partial charge in [0.2, 0.25) is 0 Å². The molecule has 0 aliphatic rings. The lowest BCUT2D eigenvalue weighted by Crippen LogP contribution is -1.98. The molecule has 3 heterocycles. The molecule has 0 fully saturated rings. The predicted octanol–water partition coefficient (Wildman–Crippen LogP) is 12.4. The smallest absolute Gasteiger partial charge is 0.101 e. The van der Waals surface area contributed by atoms with Crippen LogP contribution in [0.1, 0.15) is 11.1 Å². The van der Waals surface area contributed by atoms with E-state index >= 15 is 0 Å². The highest BCUT2D eigenvalue weighted by atomic mass is 15.0. The minimum Gasteiger partial charge on any atom is -0.309 e. The summed E-state index contributed by atoms with van der Waals surface area (Å²) in [4.78, 5) is 0. The van der Waals surface area contributed by atoms with Gasteiger partial charge in [0.15, 0.2) is 0 Å². The third kappa shape index (κ3) is 4.45. The molecule has 0 aliphatic heterocycles. The maximum absolute atomic E-state index is 10.3.